The van der Waals surface area contributed by atoms with Gasteiger partial charge < -0.3 is 10.6 Å². The molecule has 0 saturated carbocycles. The summed E-state index contributed by atoms with van der Waals surface area (Å²) >= 11 is 0. The maximum atomic E-state index is 13.2. The first-order chi connectivity index (χ1) is 8.61. The first kappa shape index (κ1) is 13.5. The van der Waals surface area contributed by atoms with Crippen molar-refractivity contribution < 1.29 is 4.39 Å². The zero-order valence-electron chi connectivity index (χ0n) is 11.2. The van der Waals surface area contributed by atoms with E-state index in [1.807, 2.05) is 13.0 Å². The van der Waals surface area contributed by atoms with Crippen molar-refractivity contribution in [3.63, 3.8) is 0 Å². The van der Waals surface area contributed by atoms with Crippen LogP contribution < -0.4 is 5.73 Å². The summed E-state index contributed by atoms with van der Waals surface area (Å²) in [5, 5.41) is 0. The number of nitrogens with zero attached hydrogens (tertiary/aromatic N) is 2. The van der Waals surface area contributed by atoms with Crippen molar-refractivity contribution in [2.75, 3.05) is 39.8 Å². The number of halogens is 1. The molecular weight excluding hydrogens is 229 g/mol. The van der Waals surface area contributed by atoms with E-state index in [2.05, 4.69) is 16.8 Å². The average molecular weight is 251 g/mol. The minimum Gasteiger partial charge on any atom is -0.329 e. The van der Waals surface area contributed by atoms with E-state index in [0.29, 0.717) is 6.54 Å². The van der Waals surface area contributed by atoms with Gasteiger partial charge in [-0.1, -0.05) is 6.07 Å². The van der Waals surface area contributed by atoms with Crippen molar-refractivity contribution in [3.05, 3.63) is 35.1 Å². The first-order valence-corrected chi connectivity index (χ1v) is 6.50. The summed E-state index contributed by atoms with van der Waals surface area (Å²) in [4.78, 5) is 4.72. The molecule has 1 atom stereocenters. The molecule has 1 heterocycles. The molecule has 3 nitrogen and oxygen atoms in total. The lowest BCUT2D eigenvalue weighted by Crippen LogP contribution is -2.47. The topological polar surface area (TPSA) is 32.5 Å². The second kappa shape index (κ2) is 5.78. The summed E-state index contributed by atoms with van der Waals surface area (Å²) in [5.41, 5.74) is 8.07. The van der Waals surface area contributed by atoms with E-state index >= 15 is 0 Å². The molecule has 1 saturated heterocycles. The van der Waals surface area contributed by atoms with Crippen molar-refractivity contribution in [2.24, 2.45) is 5.73 Å². The molecule has 0 aliphatic carbocycles. The number of hydrogen-bond donors (Lipinski definition) is 1. The molecule has 1 unspecified atom stereocenters. The molecule has 2 N–H and O–H groups in total. The van der Waals surface area contributed by atoms with Gasteiger partial charge >= 0.3 is 0 Å². The smallest absolute Gasteiger partial charge is 0.123 e. The second-order valence-electron chi connectivity index (χ2n) is 5.09. The van der Waals surface area contributed by atoms with Crippen LogP contribution >= 0.6 is 0 Å². The van der Waals surface area contributed by atoms with E-state index in [1.54, 1.807) is 6.07 Å². The molecule has 1 aliphatic heterocycles. The minimum absolute atomic E-state index is 0.176. The number of nitrogens with two attached hydrogens (primary N) is 1. The van der Waals surface area contributed by atoms with E-state index in [9.17, 15) is 4.39 Å². The predicted molar refractivity (Wildman–Crippen MR) is 72.0 cm³/mol. The highest BCUT2D eigenvalue weighted by molar-refractivity contribution is 5.30. The first-order valence-electron chi connectivity index (χ1n) is 6.50. The van der Waals surface area contributed by atoms with Gasteiger partial charge in [0.25, 0.3) is 0 Å². The maximum absolute atomic E-state index is 13.2. The van der Waals surface area contributed by atoms with Gasteiger partial charge in [0.1, 0.15) is 5.82 Å². The Morgan fingerprint density at radius 3 is 2.50 bits per heavy atom. The third-order valence-corrected chi connectivity index (χ3v) is 3.79. The quantitative estimate of drug-likeness (QED) is 0.881. The summed E-state index contributed by atoms with van der Waals surface area (Å²) in [6.07, 6.45) is 0. The molecule has 0 radical (unpaired) electrons. The molecule has 1 aromatic rings. The lowest BCUT2D eigenvalue weighted by molar-refractivity contribution is 0.114. The summed E-state index contributed by atoms with van der Waals surface area (Å²) in [5.74, 6) is -0.176. The Morgan fingerprint density at radius 2 is 1.94 bits per heavy atom. The molecule has 0 amide bonds. The molecule has 1 aromatic carbocycles. The van der Waals surface area contributed by atoms with Gasteiger partial charge in [0.15, 0.2) is 0 Å². The van der Waals surface area contributed by atoms with Crippen LogP contribution in [0, 0.1) is 12.7 Å². The van der Waals surface area contributed by atoms with Crippen molar-refractivity contribution in [2.45, 2.75) is 13.0 Å². The summed E-state index contributed by atoms with van der Waals surface area (Å²) in [7, 11) is 2.14. The number of likely N-dealkylation sites (N-methyl/N-ethyl adjacent to an activating group) is 1. The Balaban J connectivity index is 2.17. The summed E-state index contributed by atoms with van der Waals surface area (Å²) < 4.78 is 13.2. The van der Waals surface area contributed by atoms with E-state index in [1.165, 1.54) is 6.07 Å². The van der Waals surface area contributed by atoms with Gasteiger partial charge in [-0.3, -0.25) is 4.90 Å². The van der Waals surface area contributed by atoms with Crippen LogP contribution in [0.4, 0.5) is 4.39 Å². The average Bonchev–Trinajstić information content (AvgIpc) is 2.35. The molecule has 2 rings (SSSR count). The Labute approximate surface area is 108 Å². The summed E-state index contributed by atoms with van der Waals surface area (Å²) in [6.45, 7) is 6.71. The Hall–Kier alpha value is -0.970. The van der Waals surface area contributed by atoms with Gasteiger partial charge in [0.2, 0.25) is 0 Å². The van der Waals surface area contributed by atoms with Crippen LogP contribution in [0.5, 0.6) is 0 Å². The number of aryl methyl sites for hydroxylation is 1. The minimum atomic E-state index is -0.176. The van der Waals surface area contributed by atoms with Crippen LogP contribution in [0.2, 0.25) is 0 Å². The van der Waals surface area contributed by atoms with Crippen molar-refractivity contribution in [1.29, 1.82) is 0 Å². The molecular formula is C14H22FN3. The van der Waals surface area contributed by atoms with Crippen LogP contribution in [0.15, 0.2) is 18.2 Å². The zero-order valence-corrected chi connectivity index (χ0v) is 11.2. The van der Waals surface area contributed by atoms with Gasteiger partial charge in [-0.25, -0.2) is 4.39 Å². The van der Waals surface area contributed by atoms with Crippen LogP contribution in [0.25, 0.3) is 0 Å². The third kappa shape index (κ3) is 2.88. The lowest BCUT2D eigenvalue weighted by atomic mass is 9.99. The Kier molecular flexibility index (Phi) is 4.32. The monoisotopic (exact) mass is 251 g/mol. The van der Waals surface area contributed by atoms with Gasteiger partial charge in [-0.2, -0.15) is 0 Å². The Morgan fingerprint density at radius 1 is 1.28 bits per heavy atom. The molecule has 0 spiro atoms. The third-order valence-electron chi connectivity index (χ3n) is 3.79. The molecule has 100 valence electrons. The molecule has 1 fully saturated rings. The highest BCUT2D eigenvalue weighted by atomic mass is 19.1. The van der Waals surface area contributed by atoms with Crippen molar-refractivity contribution >= 4 is 0 Å². The fourth-order valence-electron chi connectivity index (χ4n) is 2.62. The van der Waals surface area contributed by atoms with Crippen LogP contribution in [0.3, 0.4) is 0 Å². The second-order valence-corrected chi connectivity index (χ2v) is 5.09. The van der Waals surface area contributed by atoms with E-state index < -0.39 is 0 Å². The van der Waals surface area contributed by atoms with E-state index in [0.717, 1.165) is 37.3 Å². The zero-order chi connectivity index (χ0) is 13.1. The summed E-state index contributed by atoms with van der Waals surface area (Å²) in [6, 6.07) is 5.20. The number of benzene rings is 1. The molecule has 4 heteroatoms. The highest BCUT2D eigenvalue weighted by Gasteiger charge is 2.23. The number of rotatable bonds is 3. The van der Waals surface area contributed by atoms with E-state index in [4.69, 9.17) is 5.73 Å². The number of piperazine rings is 1. The van der Waals surface area contributed by atoms with Gasteiger partial charge in [0.05, 0.1) is 0 Å². The molecule has 0 aromatic heterocycles. The van der Waals surface area contributed by atoms with Crippen LogP contribution in [0.1, 0.15) is 17.2 Å². The van der Waals surface area contributed by atoms with Crippen molar-refractivity contribution in [3.8, 4) is 0 Å². The molecule has 18 heavy (non-hydrogen) atoms. The molecule has 0 bridgehead atoms. The van der Waals surface area contributed by atoms with Gasteiger partial charge in [0, 0.05) is 38.8 Å². The standard InChI is InChI=1S/C14H22FN3/c1-11-9-12(15)3-4-13(11)14(10-16)18-7-5-17(2)6-8-18/h3-4,9,14H,5-8,10,16H2,1-2H3. The van der Waals surface area contributed by atoms with Crippen molar-refractivity contribution in [1.82, 2.24) is 9.80 Å². The normalized spacial score (nSPS) is 20.0. The largest absolute Gasteiger partial charge is 0.329 e. The lowest BCUT2D eigenvalue weighted by Gasteiger charge is -2.38. The SMILES string of the molecule is Cc1cc(F)ccc1C(CN)N1CCN(C)CC1. The van der Waals surface area contributed by atoms with Crippen LogP contribution in [-0.2, 0) is 0 Å². The highest BCUT2D eigenvalue weighted by Crippen LogP contribution is 2.24. The number of hydrogen-bond acceptors (Lipinski definition) is 3. The molecule has 1 aliphatic rings. The van der Waals surface area contributed by atoms with E-state index in [-0.39, 0.29) is 11.9 Å². The van der Waals surface area contributed by atoms with Crippen LogP contribution in [-0.4, -0.2) is 49.6 Å². The maximum Gasteiger partial charge on any atom is 0.123 e. The van der Waals surface area contributed by atoms with Gasteiger partial charge in [-0.15, -0.1) is 0 Å². The van der Waals surface area contributed by atoms with Gasteiger partial charge in [-0.05, 0) is 37.2 Å². The Bertz CT molecular complexity index is 400. The fourth-order valence-corrected chi connectivity index (χ4v) is 2.62. The predicted octanol–water partition coefficient (Wildman–Crippen LogP) is 1.38. The fraction of sp³-hybridized carbons (Fsp3) is 0.571.